The van der Waals surface area contributed by atoms with Crippen LogP contribution in [0.25, 0.3) is 0 Å². The Morgan fingerprint density at radius 3 is 3.12 bits per heavy atom. The largest absolute Gasteiger partial charge is 0.461 e. The van der Waals surface area contributed by atoms with Crippen molar-refractivity contribution in [1.29, 1.82) is 0 Å². The summed E-state index contributed by atoms with van der Waals surface area (Å²) in [6.07, 6.45) is 6.29. The van der Waals surface area contributed by atoms with Crippen molar-refractivity contribution in [2.75, 3.05) is 20.2 Å². The zero-order valence-corrected chi connectivity index (χ0v) is 14.2. The number of hydrogen-bond acceptors (Lipinski definition) is 4. The molecule has 3 heterocycles. The Kier molecular flexibility index (Phi) is 5.20. The first-order chi connectivity index (χ1) is 11.7. The number of ether oxygens (including phenoxy) is 1. The molecule has 0 radical (unpaired) electrons. The van der Waals surface area contributed by atoms with Gasteiger partial charge in [-0.1, -0.05) is 0 Å². The van der Waals surface area contributed by atoms with Crippen LogP contribution in [-0.2, 0) is 24.8 Å². The van der Waals surface area contributed by atoms with Gasteiger partial charge in [0.05, 0.1) is 6.04 Å². The van der Waals surface area contributed by atoms with Crippen LogP contribution in [0.2, 0.25) is 0 Å². The highest BCUT2D eigenvalue weighted by molar-refractivity contribution is 5.75. The molecule has 130 valence electrons. The molecule has 24 heavy (non-hydrogen) atoms. The summed E-state index contributed by atoms with van der Waals surface area (Å²) >= 11 is 0. The SMILES string of the molecule is COCc1ccc([C@@H]2CCCN2C(=O)NCCc2nccn2C)o1. The van der Waals surface area contributed by atoms with Gasteiger partial charge in [-0.2, -0.15) is 0 Å². The van der Waals surface area contributed by atoms with E-state index in [-0.39, 0.29) is 12.1 Å². The Morgan fingerprint density at radius 2 is 2.38 bits per heavy atom. The van der Waals surface area contributed by atoms with E-state index in [1.54, 1.807) is 13.3 Å². The van der Waals surface area contributed by atoms with Gasteiger partial charge in [-0.25, -0.2) is 9.78 Å². The van der Waals surface area contributed by atoms with Crippen molar-refractivity contribution < 1.29 is 13.9 Å². The van der Waals surface area contributed by atoms with E-state index >= 15 is 0 Å². The van der Waals surface area contributed by atoms with Gasteiger partial charge in [0, 0.05) is 46.1 Å². The van der Waals surface area contributed by atoms with Crippen molar-refractivity contribution in [2.24, 2.45) is 7.05 Å². The Balaban J connectivity index is 1.55. The molecular weight excluding hydrogens is 308 g/mol. The van der Waals surface area contributed by atoms with Gasteiger partial charge in [-0.15, -0.1) is 0 Å². The predicted octanol–water partition coefficient (Wildman–Crippen LogP) is 2.25. The van der Waals surface area contributed by atoms with Gasteiger partial charge in [0.15, 0.2) is 0 Å². The molecule has 1 aliphatic rings. The Hall–Kier alpha value is -2.28. The molecule has 7 nitrogen and oxygen atoms in total. The number of nitrogens with one attached hydrogen (secondary N) is 1. The monoisotopic (exact) mass is 332 g/mol. The maximum atomic E-state index is 12.5. The molecule has 1 fully saturated rings. The second-order valence-corrected chi connectivity index (χ2v) is 6.02. The molecule has 2 amide bonds. The number of likely N-dealkylation sites (tertiary alicyclic amines) is 1. The summed E-state index contributed by atoms with van der Waals surface area (Å²) in [5.74, 6) is 2.58. The normalized spacial score (nSPS) is 17.4. The maximum absolute atomic E-state index is 12.5. The zero-order valence-electron chi connectivity index (χ0n) is 14.2. The summed E-state index contributed by atoms with van der Waals surface area (Å²) in [5, 5.41) is 2.99. The number of aryl methyl sites for hydroxylation is 1. The standard InChI is InChI=1S/C17H24N4O3/c1-20-11-9-18-16(20)7-8-19-17(22)21-10-3-4-14(21)15-6-5-13(24-15)12-23-2/h5-6,9,11,14H,3-4,7-8,10,12H2,1-2H3,(H,19,22)/t14-/m0/s1. The summed E-state index contributed by atoms with van der Waals surface area (Å²) in [6, 6.07) is 3.81. The first kappa shape index (κ1) is 16.6. The number of aromatic nitrogens is 2. The van der Waals surface area contributed by atoms with Gasteiger partial charge in [0.25, 0.3) is 0 Å². The summed E-state index contributed by atoms with van der Waals surface area (Å²) in [5.41, 5.74) is 0. The lowest BCUT2D eigenvalue weighted by molar-refractivity contribution is 0.156. The van der Waals surface area contributed by atoms with Gasteiger partial charge >= 0.3 is 6.03 Å². The zero-order chi connectivity index (χ0) is 16.9. The molecule has 3 rings (SSSR count). The predicted molar refractivity (Wildman–Crippen MR) is 88.4 cm³/mol. The summed E-state index contributed by atoms with van der Waals surface area (Å²) in [6.45, 7) is 1.77. The number of rotatable bonds is 6. The second-order valence-electron chi connectivity index (χ2n) is 6.02. The van der Waals surface area contributed by atoms with Crippen LogP contribution in [0.5, 0.6) is 0 Å². The average Bonchev–Trinajstić information content (AvgIpc) is 3.28. The number of methoxy groups -OCH3 is 1. The smallest absolute Gasteiger partial charge is 0.318 e. The van der Waals surface area contributed by atoms with Crippen LogP contribution in [-0.4, -0.2) is 40.7 Å². The minimum Gasteiger partial charge on any atom is -0.461 e. The molecule has 0 saturated carbocycles. The molecule has 2 aromatic heterocycles. The highest BCUT2D eigenvalue weighted by Crippen LogP contribution is 2.33. The van der Waals surface area contributed by atoms with Crippen molar-refractivity contribution in [3.63, 3.8) is 0 Å². The Labute approximate surface area is 141 Å². The van der Waals surface area contributed by atoms with Gasteiger partial charge in [-0.3, -0.25) is 0 Å². The van der Waals surface area contributed by atoms with Gasteiger partial charge in [0.2, 0.25) is 0 Å². The minimum atomic E-state index is -0.0450. The van der Waals surface area contributed by atoms with Crippen LogP contribution in [0.15, 0.2) is 28.9 Å². The molecule has 0 aromatic carbocycles. The number of furan rings is 1. The molecule has 2 aromatic rings. The van der Waals surface area contributed by atoms with Crippen LogP contribution in [0.3, 0.4) is 0 Å². The third kappa shape index (κ3) is 3.62. The molecule has 0 aliphatic carbocycles. The summed E-state index contributed by atoms with van der Waals surface area (Å²) < 4.78 is 12.9. The highest BCUT2D eigenvalue weighted by Gasteiger charge is 2.32. The topological polar surface area (TPSA) is 72.5 Å². The van der Waals surface area contributed by atoms with Crippen molar-refractivity contribution in [3.8, 4) is 0 Å². The molecule has 1 aliphatic heterocycles. The van der Waals surface area contributed by atoms with Crippen molar-refractivity contribution in [3.05, 3.63) is 41.9 Å². The fraction of sp³-hybridized carbons (Fsp3) is 0.529. The van der Waals surface area contributed by atoms with Crippen LogP contribution in [0, 0.1) is 0 Å². The van der Waals surface area contributed by atoms with E-state index in [9.17, 15) is 4.79 Å². The molecule has 1 saturated heterocycles. The Bertz CT molecular complexity index is 679. The molecule has 0 spiro atoms. The molecule has 7 heteroatoms. The number of amides is 2. The quantitative estimate of drug-likeness (QED) is 0.880. The van der Waals surface area contributed by atoms with Crippen LogP contribution >= 0.6 is 0 Å². The third-order valence-corrected chi connectivity index (χ3v) is 4.36. The number of nitrogens with zero attached hydrogens (tertiary/aromatic N) is 3. The van der Waals surface area contributed by atoms with E-state index in [4.69, 9.17) is 9.15 Å². The highest BCUT2D eigenvalue weighted by atomic mass is 16.5. The second kappa shape index (κ2) is 7.53. The fourth-order valence-electron chi connectivity index (χ4n) is 3.12. The van der Waals surface area contributed by atoms with E-state index < -0.39 is 0 Å². The van der Waals surface area contributed by atoms with E-state index in [0.29, 0.717) is 19.6 Å². The van der Waals surface area contributed by atoms with E-state index in [1.807, 2.05) is 34.8 Å². The number of hydrogen-bond donors (Lipinski definition) is 1. The first-order valence-corrected chi connectivity index (χ1v) is 8.27. The van der Waals surface area contributed by atoms with Crippen LogP contribution < -0.4 is 5.32 Å². The van der Waals surface area contributed by atoms with Crippen molar-refractivity contribution >= 4 is 6.03 Å². The van der Waals surface area contributed by atoms with Gasteiger partial charge in [0.1, 0.15) is 24.0 Å². The van der Waals surface area contributed by atoms with Crippen molar-refractivity contribution in [2.45, 2.75) is 31.9 Å². The lowest BCUT2D eigenvalue weighted by atomic mass is 10.2. The molecule has 0 unspecified atom stereocenters. The van der Waals surface area contributed by atoms with E-state index in [2.05, 4.69) is 10.3 Å². The van der Waals surface area contributed by atoms with Gasteiger partial charge < -0.3 is 23.9 Å². The number of carbonyl (C=O) groups excluding carboxylic acids is 1. The average molecular weight is 332 g/mol. The summed E-state index contributed by atoms with van der Waals surface area (Å²) in [7, 11) is 3.59. The first-order valence-electron chi connectivity index (χ1n) is 8.27. The fourth-order valence-corrected chi connectivity index (χ4v) is 3.12. The third-order valence-electron chi connectivity index (χ3n) is 4.36. The van der Waals surface area contributed by atoms with Crippen molar-refractivity contribution in [1.82, 2.24) is 19.8 Å². The summed E-state index contributed by atoms with van der Waals surface area (Å²) in [4.78, 5) is 18.6. The van der Waals surface area contributed by atoms with Crippen LogP contribution in [0.1, 0.15) is 36.2 Å². The lowest BCUT2D eigenvalue weighted by Crippen LogP contribution is -2.40. The van der Waals surface area contributed by atoms with E-state index in [1.165, 1.54) is 0 Å². The maximum Gasteiger partial charge on any atom is 0.318 e. The number of imidazole rings is 1. The number of urea groups is 1. The molecule has 1 N–H and O–H groups in total. The molecular formula is C17H24N4O3. The minimum absolute atomic E-state index is 0.00349. The molecule has 0 bridgehead atoms. The van der Waals surface area contributed by atoms with E-state index in [0.717, 1.165) is 36.7 Å². The van der Waals surface area contributed by atoms with Gasteiger partial charge in [-0.05, 0) is 25.0 Å². The van der Waals surface area contributed by atoms with Crippen LogP contribution in [0.4, 0.5) is 4.79 Å². The molecule has 1 atom stereocenters. The Morgan fingerprint density at radius 1 is 1.50 bits per heavy atom. The lowest BCUT2D eigenvalue weighted by Gasteiger charge is -2.23. The number of carbonyl (C=O) groups is 1.